The summed E-state index contributed by atoms with van der Waals surface area (Å²) in [4.78, 5) is 29.1. The molecule has 3 N–H and O–H groups in total. The molecule has 0 unspecified atom stereocenters. The molecule has 9 nitrogen and oxygen atoms in total. The molecule has 2 heterocycles. The summed E-state index contributed by atoms with van der Waals surface area (Å²) in [6.45, 7) is 15.1. The number of aromatic nitrogens is 1. The van der Waals surface area contributed by atoms with Crippen molar-refractivity contribution in [1.82, 2.24) is 10.3 Å². The van der Waals surface area contributed by atoms with Gasteiger partial charge < -0.3 is 29.8 Å². The van der Waals surface area contributed by atoms with Gasteiger partial charge in [-0.05, 0) is 66.9 Å². The van der Waals surface area contributed by atoms with Gasteiger partial charge in [-0.3, -0.25) is 0 Å². The molecule has 1 aromatic rings. The number of carbonyl (C=O) groups is 2. The number of esters is 1. The van der Waals surface area contributed by atoms with Crippen molar-refractivity contribution in [2.75, 3.05) is 18.9 Å². The van der Waals surface area contributed by atoms with Gasteiger partial charge in [0.05, 0.1) is 22.7 Å². The van der Waals surface area contributed by atoms with Crippen LogP contribution in [0.5, 0.6) is 0 Å². The lowest BCUT2D eigenvalue weighted by molar-refractivity contribution is 0.00578. The topological polar surface area (TPSA) is 122 Å². The highest BCUT2D eigenvalue weighted by Crippen LogP contribution is 2.39. The summed E-state index contributed by atoms with van der Waals surface area (Å²) >= 11 is 1.13. The smallest absolute Gasteiger partial charge is 0.461 e. The van der Waals surface area contributed by atoms with E-state index in [4.69, 9.17) is 24.5 Å². The predicted molar refractivity (Wildman–Crippen MR) is 121 cm³/mol. The van der Waals surface area contributed by atoms with E-state index in [-0.39, 0.29) is 24.0 Å². The van der Waals surface area contributed by atoms with Crippen LogP contribution in [0.4, 0.5) is 9.93 Å². The number of nitrogen functional groups attached to an aromatic ring is 1. The van der Waals surface area contributed by atoms with Gasteiger partial charge in [-0.25, -0.2) is 14.6 Å². The third-order valence-electron chi connectivity index (χ3n) is 4.85. The molecule has 0 aromatic carbocycles. The number of nitrogens with one attached hydrogen (secondary N) is 1. The number of nitrogens with zero attached hydrogens (tertiary/aromatic N) is 1. The average Bonchev–Trinajstić information content (AvgIpc) is 3.06. The number of rotatable bonds is 6. The summed E-state index contributed by atoms with van der Waals surface area (Å²) in [5.74, 6) is -0.574. The molecule has 1 aromatic heterocycles. The van der Waals surface area contributed by atoms with Gasteiger partial charge in [0.1, 0.15) is 5.60 Å². The lowest BCUT2D eigenvalue weighted by Gasteiger charge is -2.32. The lowest BCUT2D eigenvalue weighted by atomic mass is 9.77. The van der Waals surface area contributed by atoms with Gasteiger partial charge in [0.2, 0.25) is 0 Å². The van der Waals surface area contributed by atoms with Gasteiger partial charge in [-0.1, -0.05) is 11.3 Å². The van der Waals surface area contributed by atoms with E-state index in [9.17, 15) is 9.59 Å². The molecule has 11 heteroatoms. The number of thiazole rings is 1. The highest BCUT2D eigenvalue weighted by Gasteiger charge is 2.52. The molecule has 1 aliphatic heterocycles. The van der Waals surface area contributed by atoms with Crippen LogP contribution >= 0.6 is 11.3 Å². The standard InChI is InChI=1S/C20H32BN3O6S/c1-9-27-15(25)14-13(31-16(22)24-14)10-12(11-23-17(26)28-18(2,3)4)21-29-19(5,6)20(7,8)30-21/h10H,9,11H2,1-8H3,(H2,22,24)(H,23,26). The van der Waals surface area contributed by atoms with Crippen molar-refractivity contribution in [1.29, 1.82) is 0 Å². The van der Waals surface area contributed by atoms with Crippen molar-refractivity contribution in [3.05, 3.63) is 16.0 Å². The normalized spacial score (nSPS) is 18.1. The Bertz CT molecular complexity index is 844. The third-order valence-corrected chi connectivity index (χ3v) is 5.68. The number of carbonyl (C=O) groups excluding carboxylic acids is 2. The SMILES string of the molecule is CCOC(=O)c1nc(N)sc1C=C(CNC(=O)OC(C)(C)C)B1OC(C)(C)C(C)(C)O1. The summed E-state index contributed by atoms with van der Waals surface area (Å²) < 4.78 is 22.7. The maximum absolute atomic E-state index is 12.3. The average molecular weight is 453 g/mol. The minimum atomic E-state index is -0.752. The Labute approximate surface area is 187 Å². The monoisotopic (exact) mass is 453 g/mol. The molecule has 1 saturated heterocycles. The minimum absolute atomic E-state index is 0.0752. The van der Waals surface area contributed by atoms with Crippen LogP contribution in [-0.2, 0) is 18.8 Å². The number of ether oxygens (including phenoxy) is 2. The molecular formula is C20H32BN3O6S. The zero-order valence-corrected chi connectivity index (χ0v) is 20.3. The van der Waals surface area contributed by atoms with E-state index in [0.29, 0.717) is 10.3 Å². The molecule has 0 radical (unpaired) electrons. The Morgan fingerprint density at radius 3 is 2.32 bits per heavy atom. The van der Waals surface area contributed by atoms with Crippen molar-refractivity contribution in [2.45, 2.75) is 72.2 Å². The fourth-order valence-electron chi connectivity index (χ4n) is 2.65. The van der Waals surface area contributed by atoms with Crippen molar-refractivity contribution >= 4 is 41.7 Å². The van der Waals surface area contributed by atoms with E-state index >= 15 is 0 Å². The summed E-state index contributed by atoms with van der Waals surface area (Å²) in [6, 6.07) is 0. The quantitative estimate of drug-likeness (QED) is 0.496. The second-order valence-electron chi connectivity index (χ2n) is 9.15. The Kier molecular flexibility index (Phi) is 7.45. The first-order valence-corrected chi connectivity index (χ1v) is 10.9. The molecule has 0 atom stereocenters. The molecule has 0 spiro atoms. The number of amides is 1. The molecule has 0 bridgehead atoms. The van der Waals surface area contributed by atoms with Crippen LogP contribution in [0.3, 0.4) is 0 Å². The number of alkyl carbamates (subject to hydrolysis) is 1. The molecule has 0 saturated carbocycles. The highest BCUT2D eigenvalue weighted by atomic mass is 32.1. The second kappa shape index (κ2) is 9.18. The first kappa shape index (κ1) is 25.2. The first-order chi connectivity index (χ1) is 14.1. The van der Waals surface area contributed by atoms with E-state index in [2.05, 4.69) is 10.3 Å². The summed E-state index contributed by atoms with van der Waals surface area (Å²) in [7, 11) is -0.752. The zero-order chi connectivity index (χ0) is 23.6. The van der Waals surface area contributed by atoms with Crippen LogP contribution in [0.2, 0.25) is 0 Å². The molecule has 1 aliphatic rings. The van der Waals surface area contributed by atoms with E-state index in [1.165, 1.54) is 0 Å². The van der Waals surface area contributed by atoms with Crippen LogP contribution in [-0.4, -0.2) is 54.1 Å². The van der Waals surface area contributed by atoms with Crippen molar-refractivity contribution in [2.24, 2.45) is 0 Å². The Morgan fingerprint density at radius 1 is 1.23 bits per heavy atom. The summed E-state index contributed by atoms with van der Waals surface area (Å²) in [6.07, 6.45) is 1.11. The minimum Gasteiger partial charge on any atom is -0.461 e. The van der Waals surface area contributed by atoms with Gasteiger partial charge in [0, 0.05) is 6.54 Å². The van der Waals surface area contributed by atoms with Crippen LogP contribution in [0, 0.1) is 0 Å². The van der Waals surface area contributed by atoms with Crippen LogP contribution in [0.1, 0.15) is 70.8 Å². The lowest BCUT2D eigenvalue weighted by Crippen LogP contribution is -2.41. The summed E-state index contributed by atoms with van der Waals surface area (Å²) in [5.41, 5.74) is 4.72. The molecule has 0 aliphatic carbocycles. The molecule has 1 amide bonds. The van der Waals surface area contributed by atoms with E-state index in [0.717, 1.165) is 11.3 Å². The number of hydrogen-bond donors (Lipinski definition) is 2. The fraction of sp³-hybridized carbons (Fsp3) is 0.650. The Morgan fingerprint density at radius 2 is 1.81 bits per heavy atom. The van der Waals surface area contributed by atoms with Gasteiger partial charge in [0.15, 0.2) is 10.8 Å². The van der Waals surface area contributed by atoms with Gasteiger partial charge in [-0.15, -0.1) is 0 Å². The number of anilines is 1. The Balaban J connectivity index is 2.37. The van der Waals surface area contributed by atoms with Gasteiger partial charge >= 0.3 is 19.2 Å². The highest BCUT2D eigenvalue weighted by molar-refractivity contribution is 7.16. The number of nitrogens with two attached hydrogens (primary N) is 1. The molecule has 1 fully saturated rings. The molecule has 172 valence electrons. The van der Waals surface area contributed by atoms with Gasteiger partial charge in [0.25, 0.3) is 0 Å². The van der Waals surface area contributed by atoms with Crippen LogP contribution in [0.15, 0.2) is 5.47 Å². The second-order valence-corrected chi connectivity index (χ2v) is 10.2. The van der Waals surface area contributed by atoms with Crippen LogP contribution < -0.4 is 11.1 Å². The van der Waals surface area contributed by atoms with Crippen molar-refractivity contribution in [3.8, 4) is 0 Å². The maximum Gasteiger partial charge on any atom is 0.492 e. The summed E-state index contributed by atoms with van der Waals surface area (Å²) in [5, 5.41) is 2.94. The largest absolute Gasteiger partial charge is 0.492 e. The van der Waals surface area contributed by atoms with Crippen molar-refractivity contribution in [3.63, 3.8) is 0 Å². The first-order valence-electron chi connectivity index (χ1n) is 10.1. The Hall–Kier alpha value is -2.11. The molecule has 2 rings (SSSR count). The zero-order valence-electron chi connectivity index (χ0n) is 19.5. The fourth-order valence-corrected chi connectivity index (χ4v) is 3.44. The molecule has 31 heavy (non-hydrogen) atoms. The van der Waals surface area contributed by atoms with Crippen molar-refractivity contribution < 1.29 is 28.4 Å². The number of hydrogen-bond acceptors (Lipinski definition) is 9. The molecular weight excluding hydrogens is 421 g/mol. The van der Waals surface area contributed by atoms with Gasteiger partial charge in [-0.2, -0.15) is 0 Å². The maximum atomic E-state index is 12.3. The van der Waals surface area contributed by atoms with E-state index in [1.54, 1.807) is 33.8 Å². The predicted octanol–water partition coefficient (Wildman–Crippen LogP) is 3.44. The third kappa shape index (κ3) is 6.44. The van der Waals surface area contributed by atoms with E-state index in [1.807, 2.05) is 27.7 Å². The van der Waals surface area contributed by atoms with E-state index < -0.39 is 36.0 Å². The van der Waals surface area contributed by atoms with Crippen LogP contribution in [0.25, 0.3) is 6.08 Å².